The van der Waals surface area contributed by atoms with E-state index in [0.29, 0.717) is 5.92 Å². The van der Waals surface area contributed by atoms with E-state index < -0.39 is 0 Å². The molecule has 1 aliphatic rings. The summed E-state index contributed by atoms with van der Waals surface area (Å²) in [5.41, 5.74) is 5.32. The van der Waals surface area contributed by atoms with Crippen molar-refractivity contribution < 1.29 is 4.74 Å². The molecule has 1 aromatic rings. The summed E-state index contributed by atoms with van der Waals surface area (Å²) in [6.45, 7) is 3.74. The molecule has 0 bridgehead atoms. The fourth-order valence-electron chi connectivity index (χ4n) is 2.31. The SMILES string of the molecule is Cc1ccncc1C(NN)C1CCCOC1. The third kappa shape index (κ3) is 2.40. The lowest BCUT2D eigenvalue weighted by atomic mass is 9.88. The van der Waals surface area contributed by atoms with E-state index in [4.69, 9.17) is 10.6 Å². The second-order valence-corrected chi connectivity index (χ2v) is 4.35. The number of ether oxygens (including phenoxy) is 1. The van der Waals surface area contributed by atoms with Crippen LogP contribution in [0.4, 0.5) is 0 Å². The van der Waals surface area contributed by atoms with Crippen LogP contribution >= 0.6 is 0 Å². The van der Waals surface area contributed by atoms with Gasteiger partial charge in [0, 0.05) is 24.9 Å². The molecule has 1 fully saturated rings. The average molecular weight is 221 g/mol. The van der Waals surface area contributed by atoms with Crippen LogP contribution in [0.25, 0.3) is 0 Å². The molecule has 2 unspecified atom stereocenters. The highest BCUT2D eigenvalue weighted by Crippen LogP contribution is 2.29. The predicted molar refractivity (Wildman–Crippen MR) is 62.6 cm³/mol. The first-order chi connectivity index (χ1) is 7.83. The van der Waals surface area contributed by atoms with Crippen molar-refractivity contribution in [2.75, 3.05) is 13.2 Å². The van der Waals surface area contributed by atoms with Crippen LogP contribution in [-0.4, -0.2) is 18.2 Å². The largest absolute Gasteiger partial charge is 0.381 e. The average Bonchev–Trinajstić information content (AvgIpc) is 2.34. The summed E-state index contributed by atoms with van der Waals surface area (Å²) >= 11 is 0. The van der Waals surface area contributed by atoms with Gasteiger partial charge in [0.05, 0.1) is 12.6 Å². The molecule has 2 atom stereocenters. The van der Waals surface area contributed by atoms with E-state index in [1.807, 2.05) is 18.5 Å². The molecule has 2 heterocycles. The minimum absolute atomic E-state index is 0.147. The Morgan fingerprint density at radius 3 is 3.12 bits per heavy atom. The van der Waals surface area contributed by atoms with Gasteiger partial charge in [-0.15, -0.1) is 0 Å². The monoisotopic (exact) mass is 221 g/mol. The second kappa shape index (κ2) is 5.39. The molecule has 1 aliphatic heterocycles. The molecule has 4 nitrogen and oxygen atoms in total. The molecular formula is C12H19N3O. The third-order valence-electron chi connectivity index (χ3n) is 3.26. The Morgan fingerprint density at radius 1 is 1.62 bits per heavy atom. The molecule has 0 aliphatic carbocycles. The van der Waals surface area contributed by atoms with Gasteiger partial charge in [-0.05, 0) is 37.0 Å². The molecule has 88 valence electrons. The lowest BCUT2D eigenvalue weighted by Crippen LogP contribution is -2.37. The number of aryl methyl sites for hydroxylation is 1. The summed E-state index contributed by atoms with van der Waals surface area (Å²) in [7, 11) is 0. The molecule has 0 spiro atoms. The summed E-state index contributed by atoms with van der Waals surface area (Å²) in [5.74, 6) is 6.12. The van der Waals surface area contributed by atoms with Crippen molar-refractivity contribution in [1.82, 2.24) is 10.4 Å². The van der Waals surface area contributed by atoms with Gasteiger partial charge in [0.1, 0.15) is 0 Å². The highest BCUT2D eigenvalue weighted by atomic mass is 16.5. The summed E-state index contributed by atoms with van der Waals surface area (Å²) in [4.78, 5) is 4.17. The van der Waals surface area contributed by atoms with Crippen molar-refractivity contribution in [2.24, 2.45) is 11.8 Å². The quantitative estimate of drug-likeness (QED) is 0.597. The van der Waals surface area contributed by atoms with Crippen LogP contribution in [0.15, 0.2) is 18.5 Å². The van der Waals surface area contributed by atoms with Crippen LogP contribution in [0.1, 0.15) is 30.0 Å². The smallest absolute Gasteiger partial charge is 0.0527 e. The Morgan fingerprint density at radius 2 is 2.50 bits per heavy atom. The number of hydrogen-bond acceptors (Lipinski definition) is 4. The first-order valence-corrected chi connectivity index (χ1v) is 5.77. The molecule has 0 radical (unpaired) electrons. The first kappa shape index (κ1) is 11.5. The van der Waals surface area contributed by atoms with Crippen molar-refractivity contribution in [2.45, 2.75) is 25.8 Å². The second-order valence-electron chi connectivity index (χ2n) is 4.35. The van der Waals surface area contributed by atoms with Gasteiger partial charge >= 0.3 is 0 Å². The first-order valence-electron chi connectivity index (χ1n) is 5.77. The number of aromatic nitrogens is 1. The van der Waals surface area contributed by atoms with Crippen LogP contribution in [0.5, 0.6) is 0 Å². The normalized spacial score (nSPS) is 23.0. The van der Waals surface area contributed by atoms with Crippen molar-refractivity contribution in [1.29, 1.82) is 0 Å². The van der Waals surface area contributed by atoms with Gasteiger partial charge in [-0.2, -0.15) is 0 Å². The van der Waals surface area contributed by atoms with Crippen LogP contribution in [0.2, 0.25) is 0 Å². The maximum Gasteiger partial charge on any atom is 0.0527 e. The minimum atomic E-state index is 0.147. The molecule has 3 N–H and O–H groups in total. The topological polar surface area (TPSA) is 60.2 Å². The molecule has 2 rings (SSSR count). The zero-order chi connectivity index (χ0) is 11.4. The Labute approximate surface area is 96.2 Å². The Kier molecular flexibility index (Phi) is 3.88. The summed E-state index contributed by atoms with van der Waals surface area (Å²) in [6, 6.07) is 2.16. The van der Waals surface area contributed by atoms with E-state index in [1.165, 1.54) is 11.1 Å². The Balaban J connectivity index is 2.18. The lowest BCUT2D eigenvalue weighted by Gasteiger charge is -2.30. The van der Waals surface area contributed by atoms with Gasteiger partial charge in [-0.25, -0.2) is 0 Å². The van der Waals surface area contributed by atoms with Gasteiger partial charge in [-0.3, -0.25) is 16.3 Å². The molecular weight excluding hydrogens is 202 g/mol. The Bertz CT molecular complexity index is 337. The molecule has 0 aromatic carbocycles. The van der Waals surface area contributed by atoms with Crippen LogP contribution < -0.4 is 11.3 Å². The van der Waals surface area contributed by atoms with Crippen LogP contribution in [0.3, 0.4) is 0 Å². The molecule has 0 amide bonds. The Hall–Kier alpha value is -0.970. The van der Waals surface area contributed by atoms with Gasteiger partial charge in [0.25, 0.3) is 0 Å². The number of nitrogens with one attached hydrogen (secondary N) is 1. The summed E-state index contributed by atoms with van der Waals surface area (Å²) in [6.07, 6.45) is 5.98. The van der Waals surface area contributed by atoms with E-state index in [1.54, 1.807) is 0 Å². The van der Waals surface area contributed by atoms with Crippen molar-refractivity contribution in [3.05, 3.63) is 29.6 Å². The van der Waals surface area contributed by atoms with E-state index in [-0.39, 0.29) is 6.04 Å². The highest BCUT2D eigenvalue weighted by Gasteiger charge is 2.25. The number of nitrogens with zero attached hydrogens (tertiary/aromatic N) is 1. The van der Waals surface area contributed by atoms with E-state index in [2.05, 4.69) is 17.3 Å². The van der Waals surface area contributed by atoms with Crippen molar-refractivity contribution >= 4 is 0 Å². The molecule has 4 heteroatoms. The van der Waals surface area contributed by atoms with Crippen molar-refractivity contribution in [3.8, 4) is 0 Å². The summed E-state index contributed by atoms with van der Waals surface area (Å²) < 4.78 is 5.51. The van der Waals surface area contributed by atoms with Gasteiger partial charge in [0.2, 0.25) is 0 Å². The van der Waals surface area contributed by atoms with E-state index in [9.17, 15) is 0 Å². The fourth-order valence-corrected chi connectivity index (χ4v) is 2.31. The number of rotatable bonds is 3. The van der Waals surface area contributed by atoms with Crippen molar-refractivity contribution in [3.63, 3.8) is 0 Å². The molecule has 1 aromatic heterocycles. The number of pyridine rings is 1. The van der Waals surface area contributed by atoms with E-state index >= 15 is 0 Å². The number of hydrogen-bond donors (Lipinski definition) is 2. The molecule has 0 saturated carbocycles. The summed E-state index contributed by atoms with van der Waals surface area (Å²) in [5, 5.41) is 0. The standard InChI is InChI=1S/C12H19N3O/c1-9-4-5-14-7-11(9)12(15-13)10-3-2-6-16-8-10/h4-5,7,10,12,15H,2-3,6,8,13H2,1H3. The lowest BCUT2D eigenvalue weighted by molar-refractivity contribution is 0.0389. The predicted octanol–water partition coefficient (Wildman–Crippen LogP) is 1.32. The van der Waals surface area contributed by atoms with Gasteiger partial charge < -0.3 is 4.74 Å². The zero-order valence-electron chi connectivity index (χ0n) is 9.65. The van der Waals surface area contributed by atoms with Crippen LogP contribution in [-0.2, 0) is 4.74 Å². The van der Waals surface area contributed by atoms with Gasteiger partial charge in [0.15, 0.2) is 0 Å². The minimum Gasteiger partial charge on any atom is -0.381 e. The number of hydrazine groups is 1. The molecule has 16 heavy (non-hydrogen) atoms. The fraction of sp³-hybridized carbons (Fsp3) is 0.583. The van der Waals surface area contributed by atoms with Gasteiger partial charge in [-0.1, -0.05) is 0 Å². The molecule has 1 saturated heterocycles. The van der Waals surface area contributed by atoms with E-state index in [0.717, 1.165) is 26.1 Å². The number of nitrogens with two attached hydrogens (primary N) is 1. The maximum absolute atomic E-state index is 5.67. The third-order valence-corrected chi connectivity index (χ3v) is 3.26. The van der Waals surface area contributed by atoms with Crippen LogP contribution in [0, 0.1) is 12.8 Å². The highest BCUT2D eigenvalue weighted by molar-refractivity contribution is 5.25. The zero-order valence-corrected chi connectivity index (χ0v) is 9.65. The maximum atomic E-state index is 5.67.